The summed E-state index contributed by atoms with van der Waals surface area (Å²) in [7, 11) is 0. The number of unbranched alkanes of at least 4 members (excludes halogenated alkanes) is 1. The number of nitrogens with one attached hydrogen (secondary N) is 1. The number of benzene rings is 1. The van der Waals surface area contributed by atoms with E-state index in [2.05, 4.69) is 38.2 Å². The molecule has 3 N–H and O–H groups in total. The lowest BCUT2D eigenvalue weighted by Gasteiger charge is -2.06. The standard InChI is InChI=1S/C14H18IN5O/c15-12-6-1-2-7-13(12)17-14(21)10-20-9-11(18-19-20)5-3-4-8-16/h1-2,6-7,9H,3-5,8,10,16H2,(H,17,21). The van der Waals surface area contributed by atoms with Crippen molar-refractivity contribution in [1.29, 1.82) is 0 Å². The van der Waals surface area contributed by atoms with E-state index in [0.29, 0.717) is 6.54 Å². The molecule has 0 saturated carbocycles. The van der Waals surface area contributed by atoms with Crippen LogP contribution in [0.5, 0.6) is 0 Å². The molecule has 0 radical (unpaired) electrons. The molecule has 112 valence electrons. The summed E-state index contributed by atoms with van der Waals surface area (Å²) in [5.41, 5.74) is 7.16. The number of halogens is 1. The highest BCUT2D eigenvalue weighted by Crippen LogP contribution is 2.16. The van der Waals surface area contributed by atoms with E-state index in [1.54, 1.807) is 4.68 Å². The van der Waals surface area contributed by atoms with E-state index in [1.807, 2.05) is 30.5 Å². The Morgan fingerprint density at radius 2 is 2.14 bits per heavy atom. The second-order valence-corrected chi connectivity index (χ2v) is 5.84. The summed E-state index contributed by atoms with van der Waals surface area (Å²) in [4.78, 5) is 12.0. The number of nitrogens with two attached hydrogens (primary N) is 1. The van der Waals surface area contributed by atoms with Crippen molar-refractivity contribution in [2.75, 3.05) is 11.9 Å². The average molecular weight is 399 g/mol. The van der Waals surface area contributed by atoms with E-state index in [0.717, 1.165) is 34.2 Å². The molecule has 0 aliphatic rings. The number of hydrogen-bond donors (Lipinski definition) is 2. The second kappa shape index (κ2) is 8.08. The van der Waals surface area contributed by atoms with Gasteiger partial charge in [-0.15, -0.1) is 5.10 Å². The summed E-state index contributed by atoms with van der Waals surface area (Å²) in [5.74, 6) is -0.113. The molecule has 1 aromatic heterocycles. The predicted molar refractivity (Wildman–Crippen MR) is 89.8 cm³/mol. The molecule has 0 spiro atoms. The number of aromatic nitrogens is 3. The number of anilines is 1. The second-order valence-electron chi connectivity index (χ2n) is 4.68. The zero-order valence-corrected chi connectivity index (χ0v) is 13.8. The highest BCUT2D eigenvalue weighted by molar-refractivity contribution is 14.1. The van der Waals surface area contributed by atoms with Gasteiger partial charge in [-0.3, -0.25) is 4.79 Å². The number of hydrogen-bond acceptors (Lipinski definition) is 4. The maximum Gasteiger partial charge on any atom is 0.246 e. The van der Waals surface area contributed by atoms with Crippen LogP contribution in [-0.4, -0.2) is 27.4 Å². The number of para-hydroxylation sites is 1. The van der Waals surface area contributed by atoms with Crippen LogP contribution in [0.3, 0.4) is 0 Å². The molecule has 2 aromatic rings. The van der Waals surface area contributed by atoms with Crippen molar-refractivity contribution < 1.29 is 4.79 Å². The van der Waals surface area contributed by atoms with Crippen molar-refractivity contribution in [2.45, 2.75) is 25.8 Å². The minimum absolute atomic E-state index is 0.113. The number of aryl methyl sites for hydroxylation is 1. The first kappa shape index (κ1) is 15.9. The Balaban J connectivity index is 1.87. The lowest BCUT2D eigenvalue weighted by atomic mass is 10.2. The maximum absolute atomic E-state index is 12.0. The molecular weight excluding hydrogens is 381 g/mol. The third-order valence-corrected chi connectivity index (χ3v) is 3.87. The van der Waals surface area contributed by atoms with Gasteiger partial charge in [0.15, 0.2) is 0 Å². The summed E-state index contributed by atoms with van der Waals surface area (Å²) < 4.78 is 2.56. The highest BCUT2D eigenvalue weighted by atomic mass is 127. The van der Waals surface area contributed by atoms with Crippen LogP contribution in [0.1, 0.15) is 18.5 Å². The van der Waals surface area contributed by atoms with Gasteiger partial charge in [0.2, 0.25) is 5.91 Å². The molecule has 1 amide bonds. The van der Waals surface area contributed by atoms with Crippen LogP contribution in [0.2, 0.25) is 0 Å². The van der Waals surface area contributed by atoms with Crippen LogP contribution in [0.4, 0.5) is 5.69 Å². The molecule has 1 heterocycles. The molecule has 0 fully saturated rings. The summed E-state index contributed by atoms with van der Waals surface area (Å²) in [6.45, 7) is 0.848. The minimum atomic E-state index is -0.113. The quantitative estimate of drug-likeness (QED) is 0.549. The number of carbonyl (C=O) groups is 1. The van der Waals surface area contributed by atoms with Crippen molar-refractivity contribution in [1.82, 2.24) is 15.0 Å². The topological polar surface area (TPSA) is 85.8 Å². The molecule has 0 aliphatic heterocycles. The lowest BCUT2D eigenvalue weighted by Crippen LogP contribution is -2.19. The fourth-order valence-electron chi connectivity index (χ4n) is 1.88. The molecule has 7 heteroatoms. The Hall–Kier alpha value is -1.48. The van der Waals surface area contributed by atoms with Gasteiger partial charge in [0.25, 0.3) is 0 Å². The Morgan fingerprint density at radius 3 is 2.90 bits per heavy atom. The lowest BCUT2D eigenvalue weighted by molar-refractivity contribution is -0.116. The van der Waals surface area contributed by atoms with Gasteiger partial charge in [-0.05, 0) is 60.5 Å². The van der Waals surface area contributed by atoms with Gasteiger partial charge in [0.05, 0.1) is 11.4 Å². The Labute approximate surface area is 137 Å². The van der Waals surface area contributed by atoms with Gasteiger partial charge < -0.3 is 11.1 Å². The van der Waals surface area contributed by atoms with E-state index in [1.165, 1.54) is 0 Å². The summed E-state index contributed by atoms with van der Waals surface area (Å²) in [5, 5.41) is 10.9. The van der Waals surface area contributed by atoms with E-state index in [-0.39, 0.29) is 12.5 Å². The Bertz CT molecular complexity index is 599. The minimum Gasteiger partial charge on any atom is -0.330 e. The number of carbonyl (C=O) groups excluding carboxylic acids is 1. The Morgan fingerprint density at radius 1 is 1.33 bits per heavy atom. The predicted octanol–water partition coefficient (Wildman–Crippen LogP) is 1.80. The molecule has 1 aromatic carbocycles. The molecule has 21 heavy (non-hydrogen) atoms. The summed E-state index contributed by atoms with van der Waals surface area (Å²) in [6, 6.07) is 7.64. The fourth-order valence-corrected chi connectivity index (χ4v) is 2.40. The summed E-state index contributed by atoms with van der Waals surface area (Å²) in [6.07, 6.45) is 4.62. The van der Waals surface area contributed by atoms with Gasteiger partial charge in [-0.25, -0.2) is 4.68 Å². The van der Waals surface area contributed by atoms with E-state index in [9.17, 15) is 4.79 Å². The van der Waals surface area contributed by atoms with Gasteiger partial charge >= 0.3 is 0 Å². The molecule has 2 rings (SSSR count). The molecule has 0 atom stereocenters. The summed E-state index contributed by atoms with van der Waals surface area (Å²) >= 11 is 2.19. The first-order chi connectivity index (χ1) is 10.2. The Kier molecular flexibility index (Phi) is 6.12. The smallest absolute Gasteiger partial charge is 0.246 e. The number of nitrogens with zero attached hydrogens (tertiary/aromatic N) is 3. The van der Waals surface area contributed by atoms with Crippen LogP contribution in [-0.2, 0) is 17.8 Å². The number of rotatable bonds is 7. The third kappa shape index (κ3) is 5.09. The van der Waals surface area contributed by atoms with Crippen LogP contribution in [0, 0.1) is 3.57 Å². The number of amides is 1. The molecular formula is C14H18IN5O. The van der Waals surface area contributed by atoms with E-state index in [4.69, 9.17) is 5.73 Å². The van der Waals surface area contributed by atoms with Crippen LogP contribution < -0.4 is 11.1 Å². The average Bonchev–Trinajstić information content (AvgIpc) is 2.89. The van der Waals surface area contributed by atoms with Gasteiger partial charge in [0.1, 0.15) is 6.54 Å². The van der Waals surface area contributed by atoms with Crippen molar-refractivity contribution >= 4 is 34.2 Å². The molecule has 0 bridgehead atoms. The first-order valence-electron chi connectivity index (χ1n) is 6.82. The van der Waals surface area contributed by atoms with Crippen LogP contribution in [0.25, 0.3) is 0 Å². The van der Waals surface area contributed by atoms with Gasteiger partial charge in [-0.2, -0.15) is 0 Å². The largest absolute Gasteiger partial charge is 0.330 e. The van der Waals surface area contributed by atoms with Crippen molar-refractivity contribution in [3.8, 4) is 0 Å². The third-order valence-electron chi connectivity index (χ3n) is 2.93. The first-order valence-corrected chi connectivity index (χ1v) is 7.90. The fraction of sp³-hybridized carbons (Fsp3) is 0.357. The highest BCUT2D eigenvalue weighted by Gasteiger charge is 2.08. The monoisotopic (exact) mass is 399 g/mol. The van der Waals surface area contributed by atoms with Gasteiger partial charge in [-0.1, -0.05) is 17.3 Å². The van der Waals surface area contributed by atoms with Crippen molar-refractivity contribution in [3.05, 3.63) is 39.7 Å². The molecule has 6 nitrogen and oxygen atoms in total. The van der Waals surface area contributed by atoms with E-state index >= 15 is 0 Å². The maximum atomic E-state index is 12.0. The van der Waals surface area contributed by atoms with Crippen LogP contribution in [0.15, 0.2) is 30.5 Å². The zero-order valence-electron chi connectivity index (χ0n) is 11.6. The van der Waals surface area contributed by atoms with Gasteiger partial charge in [0, 0.05) is 9.77 Å². The van der Waals surface area contributed by atoms with Crippen molar-refractivity contribution in [3.63, 3.8) is 0 Å². The SMILES string of the molecule is NCCCCc1cn(CC(=O)Nc2ccccc2I)nn1. The van der Waals surface area contributed by atoms with Crippen molar-refractivity contribution in [2.24, 2.45) is 5.73 Å². The van der Waals surface area contributed by atoms with E-state index < -0.39 is 0 Å². The zero-order chi connectivity index (χ0) is 15.1. The van der Waals surface area contributed by atoms with Crippen LogP contribution >= 0.6 is 22.6 Å². The molecule has 0 saturated heterocycles. The molecule has 0 unspecified atom stereocenters. The molecule has 0 aliphatic carbocycles. The normalized spacial score (nSPS) is 10.6.